The minimum Gasteiger partial charge on any atom is -0.493 e. The van der Waals surface area contributed by atoms with E-state index in [-0.39, 0.29) is 44.0 Å². The number of alkyl halides is 4. The summed E-state index contributed by atoms with van der Waals surface area (Å²) < 4.78 is 104. The fourth-order valence-corrected chi connectivity index (χ4v) is 9.35. The number of hydrogen-bond donors (Lipinski definition) is 3. The number of amides is 4. The van der Waals surface area contributed by atoms with Crippen LogP contribution in [-0.4, -0.2) is 110 Å². The van der Waals surface area contributed by atoms with Gasteiger partial charge in [0, 0.05) is 23.9 Å². The lowest BCUT2D eigenvalue weighted by molar-refractivity contribution is -0.244. The maximum atomic E-state index is 14.8. The Morgan fingerprint density at radius 3 is 2.38 bits per heavy atom. The fourth-order valence-electron chi connectivity index (χ4n) is 7.92. The molecule has 60 heavy (non-hydrogen) atoms. The molecule has 2 aliphatic carbocycles. The van der Waals surface area contributed by atoms with E-state index in [4.69, 9.17) is 18.9 Å². The van der Waals surface area contributed by atoms with Crippen LogP contribution < -0.4 is 29.6 Å². The van der Waals surface area contributed by atoms with Crippen LogP contribution in [0.2, 0.25) is 0 Å². The van der Waals surface area contributed by atoms with E-state index < -0.39 is 92.6 Å². The molecule has 2 saturated carbocycles. The largest absolute Gasteiger partial charge is 0.493 e. The number of rotatable bonds is 10. The molecule has 3 N–H and O–H groups in total. The molecule has 7 atom stereocenters. The van der Waals surface area contributed by atoms with Crippen LogP contribution in [0.5, 0.6) is 17.4 Å². The number of methoxy groups -OCH3 is 2. The molecule has 4 aliphatic rings. The molecule has 15 nitrogen and oxygen atoms in total. The third kappa shape index (κ3) is 8.79. The topological polar surface area (TPSA) is 192 Å². The number of carbonyl (C=O) groups excluding carboxylic acids is 4. The molecule has 1 aromatic heterocycles. The van der Waals surface area contributed by atoms with E-state index in [1.165, 1.54) is 20.4 Å². The van der Waals surface area contributed by atoms with Gasteiger partial charge in [0.25, 0.3) is 5.91 Å². The predicted molar refractivity (Wildman–Crippen MR) is 208 cm³/mol. The van der Waals surface area contributed by atoms with Crippen molar-refractivity contribution in [2.75, 3.05) is 27.4 Å². The maximum absolute atomic E-state index is 14.8. The summed E-state index contributed by atoms with van der Waals surface area (Å²) in [4.78, 5) is 61.9. The second-order valence-corrected chi connectivity index (χ2v) is 19.0. The number of fused-ring (bicyclic) bond motifs is 3. The van der Waals surface area contributed by atoms with Gasteiger partial charge in [-0.1, -0.05) is 26.0 Å². The zero-order chi connectivity index (χ0) is 44.0. The maximum Gasteiger partial charge on any atom is 0.427 e. The van der Waals surface area contributed by atoms with Gasteiger partial charge in [0.1, 0.15) is 35.1 Å². The number of allylic oxidation sites excluding steroid dienone is 1. The highest BCUT2D eigenvalue weighted by molar-refractivity contribution is 7.91. The number of benzene rings is 1. The third-order valence-corrected chi connectivity index (χ3v) is 14.2. The van der Waals surface area contributed by atoms with Gasteiger partial charge in [0.05, 0.1) is 20.8 Å². The lowest BCUT2D eigenvalue weighted by Crippen LogP contribution is -2.60. The second-order valence-electron chi connectivity index (χ2n) is 16.9. The van der Waals surface area contributed by atoms with E-state index in [1.54, 1.807) is 37.3 Å². The Balaban J connectivity index is 1.37. The highest BCUT2D eigenvalue weighted by Gasteiger charge is 2.64. The average Bonchev–Trinajstić information content (AvgIpc) is 4.08. The van der Waals surface area contributed by atoms with Crippen LogP contribution in [0.25, 0.3) is 10.8 Å². The minimum atomic E-state index is -4.94. The first-order chi connectivity index (χ1) is 28.1. The Morgan fingerprint density at radius 2 is 1.75 bits per heavy atom. The van der Waals surface area contributed by atoms with Crippen LogP contribution in [0, 0.1) is 17.8 Å². The van der Waals surface area contributed by atoms with E-state index in [9.17, 15) is 45.2 Å². The molecule has 1 saturated heterocycles. The molecule has 330 valence electrons. The Hall–Kier alpha value is -4.88. The molecular weight excluding hydrogens is 819 g/mol. The first-order valence-corrected chi connectivity index (χ1v) is 21.2. The molecule has 0 radical (unpaired) electrons. The highest BCUT2D eigenvalue weighted by atomic mass is 32.2. The summed E-state index contributed by atoms with van der Waals surface area (Å²) in [6.07, 6.45) is -1.15. The second kappa shape index (κ2) is 16.5. The molecule has 4 amide bonds. The molecule has 3 heterocycles. The van der Waals surface area contributed by atoms with Gasteiger partial charge in [-0.2, -0.15) is 13.2 Å². The molecule has 20 heteroatoms. The number of hydrogen-bond acceptors (Lipinski definition) is 11. The predicted octanol–water partition coefficient (Wildman–Crippen LogP) is 4.87. The van der Waals surface area contributed by atoms with E-state index in [1.807, 2.05) is 11.6 Å². The van der Waals surface area contributed by atoms with Gasteiger partial charge in [0.2, 0.25) is 33.3 Å². The van der Waals surface area contributed by atoms with Gasteiger partial charge >= 0.3 is 12.3 Å². The summed E-state index contributed by atoms with van der Waals surface area (Å²) in [5.74, 6) is -3.26. The van der Waals surface area contributed by atoms with Gasteiger partial charge in [-0.3, -0.25) is 19.1 Å². The molecule has 6 rings (SSSR count). The van der Waals surface area contributed by atoms with Crippen molar-refractivity contribution in [1.29, 1.82) is 0 Å². The summed E-state index contributed by atoms with van der Waals surface area (Å²) in [7, 11) is -1.55. The number of nitrogens with zero attached hydrogens (tertiary/aromatic N) is 2. The van der Waals surface area contributed by atoms with Crippen molar-refractivity contribution in [2.24, 2.45) is 17.8 Å². The first-order valence-electron chi connectivity index (χ1n) is 19.8. The Bertz CT molecular complexity index is 2150. The standard InChI is InChI=1S/C40H51F4N5O10S/c1-22-9-7-8-10-25-19-39(25,35(52)48-60(54,55)38(21-41)12-13-38)47-32(50)28-17-26(58-33-27-18-30(57-6)29(56-5)16-24(27)11-14-45-33)20-49(28)34(51)31(23(2)15-22)46-36(53)59-37(3,4)40(42,43)44/h8,10-11,14,16,18,22-23,25-26,28,31H,7,9,12-13,15,17,19-21H2,1-6H3,(H,46,53)(H,47,50)(H,48,52)/b10-8-/t22-,23-,25?,26-,28+,31+,39-/m1/s1. The van der Waals surface area contributed by atoms with E-state index in [0.29, 0.717) is 55.4 Å². The summed E-state index contributed by atoms with van der Waals surface area (Å²) >= 11 is 0. The third-order valence-electron chi connectivity index (χ3n) is 12.1. The van der Waals surface area contributed by atoms with Crippen LogP contribution in [0.15, 0.2) is 36.5 Å². The minimum absolute atomic E-state index is 0.00261. The summed E-state index contributed by atoms with van der Waals surface area (Å²) in [6.45, 7) is 3.43. The van der Waals surface area contributed by atoms with Crippen molar-refractivity contribution in [3.63, 3.8) is 0 Å². The molecule has 2 aromatic rings. The number of carbonyl (C=O) groups is 4. The normalized spacial score (nSPS) is 28.8. The molecule has 1 unspecified atom stereocenters. The molecule has 3 fully saturated rings. The van der Waals surface area contributed by atoms with E-state index in [0.717, 1.165) is 4.90 Å². The fraction of sp³-hybridized carbons (Fsp3) is 0.625. The van der Waals surface area contributed by atoms with Crippen molar-refractivity contribution in [3.8, 4) is 17.4 Å². The lowest BCUT2D eigenvalue weighted by Gasteiger charge is -2.34. The van der Waals surface area contributed by atoms with E-state index in [2.05, 4.69) is 15.6 Å². The quantitative estimate of drug-likeness (QED) is 0.218. The number of ether oxygens (including phenoxy) is 4. The molecule has 0 spiro atoms. The highest BCUT2D eigenvalue weighted by Crippen LogP contribution is 2.48. The van der Waals surface area contributed by atoms with Crippen molar-refractivity contribution in [2.45, 2.75) is 113 Å². The van der Waals surface area contributed by atoms with Crippen molar-refractivity contribution < 1.29 is 64.1 Å². The number of sulfonamides is 1. The molecule has 0 bridgehead atoms. The molecule has 2 aliphatic heterocycles. The smallest absolute Gasteiger partial charge is 0.427 e. The van der Waals surface area contributed by atoms with Crippen molar-refractivity contribution >= 4 is 44.6 Å². The summed E-state index contributed by atoms with van der Waals surface area (Å²) in [5.41, 5.74) is -4.69. The van der Waals surface area contributed by atoms with Gasteiger partial charge in [-0.15, -0.1) is 0 Å². The Labute approximate surface area is 345 Å². The number of nitrogens with one attached hydrogen (secondary N) is 3. The van der Waals surface area contributed by atoms with Crippen molar-refractivity contribution in [3.05, 3.63) is 36.5 Å². The molecule has 1 aromatic carbocycles. The van der Waals surface area contributed by atoms with Gasteiger partial charge in [-0.05, 0) is 87.8 Å². The zero-order valence-corrected chi connectivity index (χ0v) is 35.0. The van der Waals surface area contributed by atoms with Crippen LogP contribution in [0.3, 0.4) is 0 Å². The number of aromatic nitrogens is 1. The number of alkyl carbamates (subject to hydrolysis) is 1. The SMILES string of the molecule is COc1cc2ccnc(O[C@@H]3C[C@H]4C(=O)N[C@]5(C(=O)NS(=O)(=O)C6(CF)CC6)CC5/C=C\CC[C@@H](C)C[C@@H](C)[C@H](NC(=O)OC(C)(C)C(F)(F)F)C(=O)N4C3)c2cc1OC. The Morgan fingerprint density at radius 1 is 1.07 bits per heavy atom. The monoisotopic (exact) mass is 869 g/mol. The first kappa shape index (κ1) is 44.7. The zero-order valence-electron chi connectivity index (χ0n) is 34.2. The van der Waals surface area contributed by atoms with Crippen LogP contribution in [0.4, 0.5) is 22.4 Å². The van der Waals surface area contributed by atoms with Crippen LogP contribution in [0.1, 0.15) is 72.6 Å². The van der Waals surface area contributed by atoms with Crippen molar-refractivity contribution in [1.82, 2.24) is 25.2 Å². The van der Waals surface area contributed by atoms with Gasteiger partial charge in [-0.25, -0.2) is 22.6 Å². The lowest BCUT2D eigenvalue weighted by atomic mass is 9.88. The molecular formula is C40H51F4N5O10S. The number of pyridine rings is 1. The van der Waals surface area contributed by atoms with Crippen LogP contribution in [-0.2, 0) is 29.1 Å². The average molecular weight is 870 g/mol. The number of halogens is 4. The van der Waals surface area contributed by atoms with Gasteiger partial charge < -0.3 is 34.5 Å². The van der Waals surface area contributed by atoms with E-state index >= 15 is 0 Å². The Kier molecular flexibility index (Phi) is 12.3. The van der Waals surface area contributed by atoms with Crippen LogP contribution >= 0.6 is 0 Å². The van der Waals surface area contributed by atoms with Gasteiger partial charge in [0.15, 0.2) is 11.5 Å². The summed E-state index contributed by atoms with van der Waals surface area (Å²) in [5, 5.41) is 6.22. The summed E-state index contributed by atoms with van der Waals surface area (Å²) in [6, 6.07) is 2.17.